The second-order valence-electron chi connectivity index (χ2n) is 4.90. The molecule has 1 aromatic heterocycles. The number of hydrogen-bond acceptors (Lipinski definition) is 4. The molecule has 0 aliphatic heterocycles. The van der Waals surface area contributed by atoms with Crippen LogP contribution in [0.1, 0.15) is 30.6 Å². The van der Waals surface area contributed by atoms with Gasteiger partial charge in [0.15, 0.2) is 0 Å². The number of rotatable bonds is 6. The van der Waals surface area contributed by atoms with Crippen molar-refractivity contribution >= 4 is 37.3 Å². The highest BCUT2D eigenvalue weighted by Crippen LogP contribution is 2.33. The van der Waals surface area contributed by atoms with Crippen molar-refractivity contribution in [2.24, 2.45) is 0 Å². The van der Waals surface area contributed by atoms with Gasteiger partial charge in [-0.3, -0.25) is 0 Å². The third-order valence-corrected chi connectivity index (χ3v) is 6.81. The molecule has 1 heterocycles. The van der Waals surface area contributed by atoms with Gasteiger partial charge in [-0.2, -0.15) is 0 Å². The first-order valence-corrected chi connectivity index (χ1v) is 9.18. The van der Waals surface area contributed by atoms with Gasteiger partial charge in [-0.1, -0.05) is 0 Å². The highest BCUT2D eigenvalue weighted by molar-refractivity contribution is 9.11. The van der Waals surface area contributed by atoms with Crippen LogP contribution in [0, 0.1) is 0 Å². The first-order chi connectivity index (χ1) is 8.54. The molecule has 0 unspecified atom stereocenters. The van der Waals surface area contributed by atoms with E-state index in [-0.39, 0.29) is 6.04 Å². The summed E-state index contributed by atoms with van der Waals surface area (Å²) >= 11 is 4.85. The summed E-state index contributed by atoms with van der Waals surface area (Å²) < 4.78 is 27.6. The highest BCUT2D eigenvalue weighted by atomic mass is 79.9. The summed E-state index contributed by atoms with van der Waals surface area (Å²) in [5, 5.41) is 3.39. The van der Waals surface area contributed by atoms with Gasteiger partial charge in [-0.15, -0.1) is 11.3 Å². The van der Waals surface area contributed by atoms with E-state index < -0.39 is 10.0 Å². The number of thiophene rings is 1. The van der Waals surface area contributed by atoms with Gasteiger partial charge < -0.3 is 5.32 Å². The molecule has 3 rings (SSSR count). The number of hydrogen-bond donors (Lipinski definition) is 2. The van der Waals surface area contributed by atoms with Gasteiger partial charge in [0.1, 0.15) is 4.90 Å². The molecule has 2 N–H and O–H groups in total. The predicted molar refractivity (Wildman–Crippen MR) is 75.2 cm³/mol. The smallest absolute Gasteiger partial charge is 0.242 e. The molecule has 0 spiro atoms. The molecule has 0 amide bonds. The van der Waals surface area contributed by atoms with Crippen molar-refractivity contribution < 1.29 is 8.42 Å². The van der Waals surface area contributed by atoms with E-state index in [1.807, 2.05) is 0 Å². The molecular formula is C11H15BrN2O2S2. The lowest BCUT2D eigenvalue weighted by Gasteiger charge is -2.03. The Kier molecular flexibility index (Phi) is 3.53. The lowest BCUT2D eigenvalue weighted by atomic mass is 10.4. The monoisotopic (exact) mass is 350 g/mol. The van der Waals surface area contributed by atoms with Crippen LogP contribution in [0.2, 0.25) is 0 Å². The maximum atomic E-state index is 12.1. The highest BCUT2D eigenvalue weighted by Gasteiger charge is 2.30. The van der Waals surface area contributed by atoms with Crippen molar-refractivity contribution in [3.63, 3.8) is 0 Å². The molecule has 2 aliphatic carbocycles. The molecule has 0 saturated heterocycles. The van der Waals surface area contributed by atoms with Crippen LogP contribution in [0.5, 0.6) is 0 Å². The number of halogens is 1. The Morgan fingerprint density at radius 2 is 1.94 bits per heavy atom. The van der Waals surface area contributed by atoms with E-state index in [9.17, 15) is 8.42 Å². The normalized spacial score (nSPS) is 20.3. The summed E-state index contributed by atoms with van der Waals surface area (Å²) in [6.07, 6.45) is 4.38. The Balaban J connectivity index is 1.73. The Morgan fingerprint density at radius 3 is 2.56 bits per heavy atom. The van der Waals surface area contributed by atoms with Crippen LogP contribution >= 0.6 is 27.3 Å². The molecule has 0 bridgehead atoms. The van der Waals surface area contributed by atoms with E-state index in [2.05, 4.69) is 26.0 Å². The summed E-state index contributed by atoms with van der Waals surface area (Å²) in [6, 6.07) is 2.56. The zero-order valence-electron chi connectivity index (χ0n) is 9.78. The van der Waals surface area contributed by atoms with Gasteiger partial charge in [0, 0.05) is 23.5 Å². The third kappa shape index (κ3) is 3.14. The molecule has 0 radical (unpaired) electrons. The maximum Gasteiger partial charge on any atom is 0.242 e. The quantitative estimate of drug-likeness (QED) is 0.826. The van der Waals surface area contributed by atoms with Gasteiger partial charge in [0.2, 0.25) is 10.0 Å². The Hall–Kier alpha value is 0.0500. The summed E-state index contributed by atoms with van der Waals surface area (Å²) in [4.78, 5) is 1.44. The van der Waals surface area contributed by atoms with Crippen molar-refractivity contribution in [3.8, 4) is 0 Å². The first kappa shape index (κ1) is 13.1. The number of nitrogens with one attached hydrogen (secondary N) is 2. The third-order valence-electron chi connectivity index (χ3n) is 3.04. The predicted octanol–water partition coefficient (Wildman–Crippen LogP) is 2.20. The average Bonchev–Trinajstić information content (AvgIpc) is 3.18. The van der Waals surface area contributed by atoms with E-state index in [0.717, 1.165) is 24.3 Å². The second-order valence-corrected chi connectivity index (χ2v) is 9.04. The summed E-state index contributed by atoms with van der Waals surface area (Å²) in [7, 11) is -3.34. The minimum Gasteiger partial charge on any atom is -0.309 e. The van der Waals surface area contributed by atoms with Crippen LogP contribution in [-0.4, -0.2) is 20.5 Å². The van der Waals surface area contributed by atoms with Crippen LogP contribution < -0.4 is 10.0 Å². The molecule has 4 nitrogen and oxygen atoms in total. The van der Waals surface area contributed by atoms with E-state index in [1.54, 1.807) is 6.07 Å². The standard InChI is InChI=1S/C11H15BrN2O2S2/c12-11-10(18(15,16)14-8-3-4-8)5-9(17-11)6-13-7-1-2-7/h5,7-8,13-14H,1-4,6H2. The Bertz CT molecular complexity index is 547. The average molecular weight is 351 g/mol. The molecule has 2 aliphatic rings. The summed E-state index contributed by atoms with van der Waals surface area (Å²) in [6.45, 7) is 0.757. The lowest BCUT2D eigenvalue weighted by molar-refractivity contribution is 0.581. The van der Waals surface area contributed by atoms with Crippen molar-refractivity contribution in [1.29, 1.82) is 0 Å². The Labute approximate surface area is 119 Å². The maximum absolute atomic E-state index is 12.1. The lowest BCUT2D eigenvalue weighted by Crippen LogP contribution is -2.25. The molecule has 0 aromatic carbocycles. The zero-order chi connectivity index (χ0) is 12.8. The van der Waals surface area contributed by atoms with Crippen molar-refractivity contribution in [2.75, 3.05) is 0 Å². The van der Waals surface area contributed by atoms with Crippen LogP contribution in [0.25, 0.3) is 0 Å². The molecule has 1 aromatic rings. The van der Waals surface area contributed by atoms with Crippen LogP contribution in [0.3, 0.4) is 0 Å². The summed E-state index contributed by atoms with van der Waals surface area (Å²) in [5.41, 5.74) is 0. The minimum absolute atomic E-state index is 0.148. The van der Waals surface area contributed by atoms with Gasteiger partial charge in [-0.25, -0.2) is 13.1 Å². The second kappa shape index (κ2) is 4.86. The fraction of sp³-hybridized carbons (Fsp3) is 0.636. The van der Waals surface area contributed by atoms with Gasteiger partial charge >= 0.3 is 0 Å². The fourth-order valence-corrected chi connectivity index (χ4v) is 5.62. The SMILES string of the molecule is O=S(=O)(NC1CC1)c1cc(CNC2CC2)sc1Br. The molecule has 18 heavy (non-hydrogen) atoms. The molecule has 7 heteroatoms. The molecule has 100 valence electrons. The van der Waals surface area contributed by atoms with Crippen LogP contribution in [0.15, 0.2) is 14.7 Å². The van der Waals surface area contributed by atoms with Crippen molar-refractivity contribution in [3.05, 3.63) is 14.7 Å². The summed E-state index contributed by atoms with van der Waals surface area (Å²) in [5.74, 6) is 0. The van der Waals surface area contributed by atoms with Gasteiger partial charge in [0.05, 0.1) is 3.79 Å². The minimum atomic E-state index is -3.34. The molecule has 2 saturated carbocycles. The van der Waals surface area contributed by atoms with Crippen molar-refractivity contribution in [1.82, 2.24) is 10.0 Å². The van der Waals surface area contributed by atoms with Gasteiger partial charge in [0.25, 0.3) is 0 Å². The van der Waals surface area contributed by atoms with E-state index in [4.69, 9.17) is 0 Å². The van der Waals surface area contributed by atoms with Crippen LogP contribution in [0.4, 0.5) is 0 Å². The van der Waals surface area contributed by atoms with Crippen LogP contribution in [-0.2, 0) is 16.6 Å². The fourth-order valence-electron chi connectivity index (χ4n) is 1.68. The first-order valence-electron chi connectivity index (χ1n) is 6.08. The largest absolute Gasteiger partial charge is 0.309 e. The van der Waals surface area contributed by atoms with Gasteiger partial charge in [-0.05, 0) is 47.7 Å². The molecule has 0 atom stereocenters. The molecular weight excluding hydrogens is 336 g/mol. The zero-order valence-corrected chi connectivity index (χ0v) is 13.0. The molecule has 2 fully saturated rings. The van der Waals surface area contributed by atoms with Crippen molar-refractivity contribution in [2.45, 2.75) is 49.2 Å². The Morgan fingerprint density at radius 1 is 1.28 bits per heavy atom. The van der Waals surface area contributed by atoms with E-state index >= 15 is 0 Å². The van der Waals surface area contributed by atoms with E-state index in [1.165, 1.54) is 24.2 Å². The topological polar surface area (TPSA) is 58.2 Å². The van der Waals surface area contributed by atoms with E-state index in [0.29, 0.717) is 14.7 Å². The number of sulfonamides is 1.